The quantitative estimate of drug-likeness (QED) is 0.347. The minimum absolute atomic E-state index is 0.126. The number of carbonyl (C=O) groups is 2. The first kappa shape index (κ1) is 23.8. The minimum atomic E-state index is -1.71. The van der Waals surface area contributed by atoms with E-state index in [1.54, 1.807) is 24.3 Å². The van der Waals surface area contributed by atoms with Crippen LogP contribution in [0, 0.1) is 5.41 Å². The molecular formula is C21H31N3O6. The Labute approximate surface area is 176 Å². The van der Waals surface area contributed by atoms with Crippen LogP contribution in [0.25, 0.3) is 0 Å². The Morgan fingerprint density at radius 1 is 1.20 bits per heavy atom. The van der Waals surface area contributed by atoms with Crippen LogP contribution in [0.4, 0.5) is 11.4 Å². The average molecular weight is 421 g/mol. The molecule has 2 amide bonds. The van der Waals surface area contributed by atoms with Gasteiger partial charge in [0.25, 0.3) is 5.91 Å². The van der Waals surface area contributed by atoms with E-state index in [1.165, 1.54) is 13.2 Å². The Morgan fingerprint density at radius 3 is 2.43 bits per heavy atom. The van der Waals surface area contributed by atoms with Crippen molar-refractivity contribution in [2.75, 3.05) is 24.3 Å². The van der Waals surface area contributed by atoms with Crippen molar-refractivity contribution >= 4 is 23.2 Å². The van der Waals surface area contributed by atoms with Crippen molar-refractivity contribution in [3.05, 3.63) is 36.4 Å². The van der Waals surface area contributed by atoms with Crippen LogP contribution in [0.5, 0.6) is 0 Å². The number of amides is 2. The zero-order valence-corrected chi connectivity index (χ0v) is 17.6. The number of hydrogen-bond donors (Lipinski definition) is 6. The fourth-order valence-corrected chi connectivity index (χ4v) is 2.93. The lowest BCUT2D eigenvalue weighted by molar-refractivity contribution is -0.150. The molecule has 0 aromatic heterocycles. The summed E-state index contributed by atoms with van der Waals surface area (Å²) in [6, 6.07) is 6.18. The van der Waals surface area contributed by atoms with Crippen LogP contribution >= 0.6 is 0 Å². The van der Waals surface area contributed by atoms with E-state index in [9.17, 15) is 24.9 Å². The Hall–Kier alpha value is -2.46. The van der Waals surface area contributed by atoms with E-state index in [-0.39, 0.29) is 12.0 Å². The van der Waals surface area contributed by atoms with E-state index in [0.29, 0.717) is 5.69 Å². The molecule has 0 unspecified atom stereocenters. The molecule has 0 saturated heterocycles. The molecule has 0 saturated carbocycles. The van der Waals surface area contributed by atoms with Crippen molar-refractivity contribution in [3.8, 4) is 0 Å². The second-order valence-corrected chi connectivity index (χ2v) is 8.33. The first-order valence-corrected chi connectivity index (χ1v) is 9.74. The van der Waals surface area contributed by atoms with Gasteiger partial charge < -0.3 is 36.0 Å². The largest absolute Gasteiger partial charge is 0.387 e. The molecule has 1 aromatic carbocycles. The normalized spacial score (nSPS) is 20.9. The number of benzene rings is 1. The van der Waals surface area contributed by atoms with Gasteiger partial charge in [0.1, 0.15) is 24.4 Å². The predicted octanol–water partition coefficient (Wildman–Crippen LogP) is 0.235. The summed E-state index contributed by atoms with van der Waals surface area (Å²) in [5, 5.41) is 39.1. The van der Waals surface area contributed by atoms with Gasteiger partial charge in [-0.25, -0.2) is 0 Å². The molecule has 1 heterocycles. The lowest BCUT2D eigenvalue weighted by atomic mass is 9.94. The first-order chi connectivity index (χ1) is 14.0. The number of aliphatic hydroxyl groups is 3. The molecule has 1 aromatic rings. The molecule has 0 spiro atoms. The third-order valence-corrected chi connectivity index (χ3v) is 4.63. The van der Waals surface area contributed by atoms with Crippen LogP contribution in [-0.4, -0.2) is 71.2 Å². The number of para-hydroxylation sites is 2. The van der Waals surface area contributed by atoms with Crippen molar-refractivity contribution in [1.82, 2.24) is 5.32 Å². The minimum Gasteiger partial charge on any atom is -0.387 e. The molecule has 0 aliphatic carbocycles. The summed E-state index contributed by atoms with van der Waals surface area (Å²) >= 11 is 0. The van der Waals surface area contributed by atoms with Gasteiger partial charge in [-0.2, -0.15) is 0 Å². The summed E-state index contributed by atoms with van der Waals surface area (Å²) in [4.78, 5) is 25.1. The third-order valence-electron chi connectivity index (χ3n) is 4.63. The monoisotopic (exact) mass is 421 g/mol. The summed E-state index contributed by atoms with van der Waals surface area (Å²) in [6.45, 7) is 5.86. The fourth-order valence-electron chi connectivity index (χ4n) is 2.93. The molecule has 1 aliphatic heterocycles. The summed E-state index contributed by atoms with van der Waals surface area (Å²) in [7, 11) is 1.19. The second-order valence-electron chi connectivity index (χ2n) is 8.33. The molecule has 0 fully saturated rings. The van der Waals surface area contributed by atoms with Gasteiger partial charge in [0.2, 0.25) is 5.91 Å². The number of carbonyl (C=O) groups excluding carboxylic acids is 2. The van der Waals surface area contributed by atoms with Gasteiger partial charge in [-0.15, -0.1) is 0 Å². The fraction of sp³-hybridized carbons (Fsp3) is 0.524. The number of ether oxygens (including phenoxy) is 1. The first-order valence-electron chi connectivity index (χ1n) is 9.74. The van der Waals surface area contributed by atoms with Crippen molar-refractivity contribution < 1.29 is 29.6 Å². The van der Waals surface area contributed by atoms with Crippen molar-refractivity contribution in [3.63, 3.8) is 0 Å². The standard InChI is InChI=1S/C21H31N3O6/c1-21(2,3)10-9-15(25)16(26)17(27)18(30-4)20(29)24-14-11-22-12-7-5-6-8-13(12)23-19(14)28/h5-10,14-18,22,25-27H,11H2,1-4H3,(H,23,28)(H,24,29)/b10-9+/t14-,15+,16-,17+,18+/m0/s1. The average Bonchev–Trinajstić information content (AvgIpc) is 2.84. The molecule has 30 heavy (non-hydrogen) atoms. The summed E-state index contributed by atoms with van der Waals surface area (Å²) in [5.41, 5.74) is 1.07. The molecule has 2 rings (SSSR count). The maximum atomic E-state index is 12.6. The second kappa shape index (κ2) is 10.0. The number of hydrogen-bond acceptors (Lipinski definition) is 7. The van der Waals surface area contributed by atoms with Crippen LogP contribution in [0.1, 0.15) is 20.8 Å². The van der Waals surface area contributed by atoms with Gasteiger partial charge in [0.15, 0.2) is 6.10 Å². The highest BCUT2D eigenvalue weighted by Gasteiger charge is 2.37. The summed E-state index contributed by atoms with van der Waals surface area (Å²) in [6.07, 6.45) is -3.22. The smallest absolute Gasteiger partial charge is 0.252 e. The van der Waals surface area contributed by atoms with Crippen LogP contribution in [0.2, 0.25) is 0 Å². The molecule has 166 valence electrons. The molecule has 0 radical (unpaired) electrons. The highest BCUT2D eigenvalue weighted by Crippen LogP contribution is 2.23. The molecule has 1 aliphatic rings. The van der Waals surface area contributed by atoms with Crippen molar-refractivity contribution in [1.29, 1.82) is 0 Å². The van der Waals surface area contributed by atoms with Gasteiger partial charge in [0, 0.05) is 13.7 Å². The number of allylic oxidation sites excluding steroid dienone is 1. The SMILES string of the molecule is CO[C@@H](C(=O)N[C@H]1CNc2ccccc2NC1=O)[C@H](O)[C@@H](O)[C@H](O)/C=C/C(C)(C)C. The van der Waals surface area contributed by atoms with Crippen LogP contribution in [0.3, 0.4) is 0 Å². The number of fused-ring (bicyclic) bond motifs is 1. The van der Waals surface area contributed by atoms with Crippen LogP contribution < -0.4 is 16.0 Å². The van der Waals surface area contributed by atoms with Gasteiger partial charge in [-0.3, -0.25) is 9.59 Å². The Morgan fingerprint density at radius 2 is 1.83 bits per heavy atom. The Kier molecular flexibility index (Phi) is 7.96. The molecule has 9 nitrogen and oxygen atoms in total. The Balaban J connectivity index is 2.03. The van der Waals surface area contributed by atoms with E-state index in [0.717, 1.165) is 5.69 Å². The molecule has 5 atom stereocenters. The maximum absolute atomic E-state index is 12.6. The molecule has 6 N–H and O–H groups in total. The highest BCUT2D eigenvalue weighted by molar-refractivity contribution is 6.01. The van der Waals surface area contributed by atoms with Gasteiger partial charge >= 0.3 is 0 Å². The Bertz CT molecular complexity index is 776. The number of nitrogens with one attached hydrogen (secondary N) is 3. The maximum Gasteiger partial charge on any atom is 0.252 e. The predicted molar refractivity (Wildman–Crippen MR) is 113 cm³/mol. The van der Waals surface area contributed by atoms with E-state index >= 15 is 0 Å². The summed E-state index contributed by atoms with van der Waals surface area (Å²) in [5.74, 6) is -1.22. The van der Waals surface area contributed by atoms with Crippen molar-refractivity contribution in [2.45, 2.75) is 51.2 Å². The number of rotatable bonds is 7. The number of aliphatic hydroxyl groups excluding tert-OH is 3. The van der Waals surface area contributed by atoms with Gasteiger partial charge in [-0.1, -0.05) is 45.1 Å². The lowest BCUT2D eigenvalue weighted by Crippen LogP contribution is -2.56. The van der Waals surface area contributed by atoms with Crippen molar-refractivity contribution in [2.24, 2.45) is 5.41 Å². The van der Waals surface area contributed by atoms with Crippen LogP contribution in [-0.2, 0) is 14.3 Å². The van der Waals surface area contributed by atoms with E-state index in [1.807, 2.05) is 26.8 Å². The van der Waals surface area contributed by atoms with E-state index in [4.69, 9.17) is 4.74 Å². The van der Waals surface area contributed by atoms with Gasteiger partial charge in [0.05, 0.1) is 11.4 Å². The summed E-state index contributed by atoms with van der Waals surface area (Å²) < 4.78 is 5.05. The highest BCUT2D eigenvalue weighted by atomic mass is 16.5. The molecule has 0 bridgehead atoms. The van der Waals surface area contributed by atoms with Gasteiger partial charge in [-0.05, 0) is 17.5 Å². The molecular weight excluding hydrogens is 390 g/mol. The third kappa shape index (κ3) is 6.27. The zero-order valence-electron chi connectivity index (χ0n) is 17.6. The number of methoxy groups -OCH3 is 1. The topological polar surface area (TPSA) is 140 Å². The van der Waals surface area contributed by atoms with Crippen LogP contribution in [0.15, 0.2) is 36.4 Å². The van der Waals surface area contributed by atoms with E-state index in [2.05, 4.69) is 16.0 Å². The lowest BCUT2D eigenvalue weighted by Gasteiger charge is -2.28. The number of anilines is 2. The molecule has 9 heteroatoms. The van der Waals surface area contributed by atoms with E-state index < -0.39 is 42.3 Å². The zero-order chi connectivity index (χ0) is 22.5.